The van der Waals surface area contributed by atoms with Crippen LogP contribution < -0.4 is 0 Å². The minimum atomic E-state index is -0.809. The summed E-state index contributed by atoms with van der Waals surface area (Å²) in [6.45, 7) is 5.33. The SMILES string of the molecule is CC1(C)Cc2cc(C(=O)N3CCC(C(=O)O)C3)sc2-c2ccccc21. The van der Waals surface area contributed by atoms with Crippen molar-refractivity contribution in [3.05, 3.63) is 46.3 Å². The summed E-state index contributed by atoms with van der Waals surface area (Å²) in [5.74, 6) is -1.27. The van der Waals surface area contributed by atoms with E-state index < -0.39 is 11.9 Å². The maximum absolute atomic E-state index is 12.8. The molecule has 1 atom stereocenters. The van der Waals surface area contributed by atoms with Gasteiger partial charge in [-0.3, -0.25) is 9.59 Å². The maximum Gasteiger partial charge on any atom is 0.308 e. The molecular formula is C20H21NO3S. The number of aliphatic carboxylic acids is 1. The van der Waals surface area contributed by atoms with Crippen molar-refractivity contribution in [3.8, 4) is 10.4 Å². The van der Waals surface area contributed by atoms with Crippen LogP contribution in [0.25, 0.3) is 10.4 Å². The number of rotatable bonds is 2. The monoisotopic (exact) mass is 355 g/mol. The van der Waals surface area contributed by atoms with Crippen LogP contribution in [-0.2, 0) is 16.6 Å². The molecule has 25 heavy (non-hydrogen) atoms. The molecule has 130 valence electrons. The van der Waals surface area contributed by atoms with E-state index in [1.807, 2.05) is 12.1 Å². The molecule has 2 aromatic rings. The number of fused-ring (bicyclic) bond motifs is 3. The number of carboxylic acids is 1. The molecule has 1 saturated heterocycles. The molecule has 1 fully saturated rings. The summed E-state index contributed by atoms with van der Waals surface area (Å²) in [7, 11) is 0. The number of nitrogens with zero attached hydrogens (tertiary/aromatic N) is 1. The molecule has 1 aliphatic heterocycles. The lowest BCUT2D eigenvalue weighted by Crippen LogP contribution is -2.29. The molecule has 4 rings (SSSR count). The van der Waals surface area contributed by atoms with Gasteiger partial charge in [0.1, 0.15) is 0 Å². The Kier molecular flexibility index (Phi) is 3.72. The van der Waals surface area contributed by atoms with Crippen molar-refractivity contribution in [3.63, 3.8) is 0 Å². The minimum absolute atomic E-state index is 0.0292. The first-order valence-corrected chi connectivity index (χ1v) is 9.43. The molecule has 0 saturated carbocycles. The van der Waals surface area contributed by atoms with E-state index >= 15 is 0 Å². The number of carboxylic acid groups (broad SMARTS) is 1. The lowest BCUT2D eigenvalue weighted by atomic mass is 9.73. The standard InChI is InChI=1S/C20H21NO3S/c1-20(2)10-13-9-16(18(22)21-8-7-12(11-21)19(23)24)25-17(13)14-5-3-4-6-15(14)20/h3-6,9,12H,7-8,10-11H2,1-2H3,(H,23,24). The van der Waals surface area contributed by atoms with Crippen LogP contribution in [0.4, 0.5) is 0 Å². The molecule has 0 bridgehead atoms. The van der Waals surface area contributed by atoms with E-state index in [0.717, 1.165) is 11.3 Å². The Morgan fingerprint density at radius 1 is 1.28 bits per heavy atom. The van der Waals surface area contributed by atoms with Crippen LogP contribution in [-0.4, -0.2) is 35.0 Å². The maximum atomic E-state index is 12.8. The second kappa shape index (κ2) is 5.70. The zero-order valence-electron chi connectivity index (χ0n) is 14.4. The number of hydrogen-bond acceptors (Lipinski definition) is 3. The Morgan fingerprint density at radius 3 is 2.76 bits per heavy atom. The van der Waals surface area contributed by atoms with Crippen molar-refractivity contribution in [2.45, 2.75) is 32.1 Å². The van der Waals surface area contributed by atoms with E-state index in [4.69, 9.17) is 5.11 Å². The molecule has 1 unspecified atom stereocenters. The van der Waals surface area contributed by atoms with Gasteiger partial charge in [0, 0.05) is 18.0 Å². The third-order valence-electron chi connectivity index (χ3n) is 5.38. The van der Waals surface area contributed by atoms with Crippen molar-refractivity contribution < 1.29 is 14.7 Å². The normalized spacial score (nSPS) is 20.9. The van der Waals surface area contributed by atoms with Crippen molar-refractivity contribution in [2.24, 2.45) is 5.92 Å². The van der Waals surface area contributed by atoms with Gasteiger partial charge in [0.25, 0.3) is 5.91 Å². The van der Waals surface area contributed by atoms with E-state index in [1.54, 1.807) is 16.2 Å². The number of hydrogen-bond donors (Lipinski definition) is 1. The highest BCUT2D eigenvalue weighted by Crippen LogP contribution is 2.46. The van der Waals surface area contributed by atoms with Crippen molar-refractivity contribution >= 4 is 23.2 Å². The Labute approximate surface area is 151 Å². The van der Waals surface area contributed by atoms with Gasteiger partial charge in [0.15, 0.2) is 0 Å². The average Bonchev–Trinajstić information content (AvgIpc) is 3.21. The predicted molar refractivity (Wildman–Crippen MR) is 98.1 cm³/mol. The van der Waals surface area contributed by atoms with Crippen molar-refractivity contribution in [1.29, 1.82) is 0 Å². The number of amides is 1. The molecule has 2 heterocycles. The highest BCUT2D eigenvalue weighted by atomic mass is 32.1. The average molecular weight is 355 g/mol. The van der Waals surface area contributed by atoms with E-state index in [-0.39, 0.29) is 11.3 Å². The Morgan fingerprint density at radius 2 is 2.04 bits per heavy atom. The zero-order chi connectivity index (χ0) is 17.8. The van der Waals surface area contributed by atoms with Crippen LogP contribution in [0.15, 0.2) is 30.3 Å². The van der Waals surface area contributed by atoms with Gasteiger partial charge in [0.05, 0.1) is 10.8 Å². The highest BCUT2D eigenvalue weighted by Gasteiger charge is 2.35. The number of carbonyl (C=O) groups excluding carboxylic acids is 1. The van der Waals surface area contributed by atoms with E-state index in [1.165, 1.54) is 21.6 Å². The van der Waals surface area contributed by atoms with Crippen molar-refractivity contribution in [2.75, 3.05) is 13.1 Å². The summed E-state index contributed by atoms with van der Waals surface area (Å²) in [5.41, 5.74) is 3.83. The van der Waals surface area contributed by atoms with Gasteiger partial charge in [-0.1, -0.05) is 38.1 Å². The van der Waals surface area contributed by atoms with Gasteiger partial charge in [-0.15, -0.1) is 11.3 Å². The van der Waals surface area contributed by atoms with Gasteiger partial charge in [-0.2, -0.15) is 0 Å². The number of carbonyl (C=O) groups is 2. The fourth-order valence-electron chi connectivity index (χ4n) is 4.04. The van der Waals surface area contributed by atoms with Gasteiger partial charge in [0.2, 0.25) is 0 Å². The third-order valence-corrected chi connectivity index (χ3v) is 6.58. The quantitative estimate of drug-likeness (QED) is 0.891. The Bertz CT molecular complexity index is 868. The first-order valence-electron chi connectivity index (χ1n) is 8.61. The number of likely N-dealkylation sites (tertiary alicyclic amines) is 1. The van der Waals surface area contributed by atoms with E-state index in [9.17, 15) is 9.59 Å². The van der Waals surface area contributed by atoms with Gasteiger partial charge in [-0.25, -0.2) is 0 Å². The number of thiophene rings is 1. The second-order valence-corrected chi connectivity index (χ2v) is 8.70. The first-order chi connectivity index (χ1) is 11.9. The van der Waals surface area contributed by atoms with Crippen LogP contribution >= 0.6 is 11.3 Å². The van der Waals surface area contributed by atoms with Gasteiger partial charge in [-0.05, 0) is 41.0 Å². The van der Waals surface area contributed by atoms with Crippen LogP contribution in [0.5, 0.6) is 0 Å². The van der Waals surface area contributed by atoms with Gasteiger partial charge >= 0.3 is 5.97 Å². The van der Waals surface area contributed by atoms with Crippen LogP contribution in [0.3, 0.4) is 0 Å². The summed E-state index contributed by atoms with van der Waals surface area (Å²) in [6, 6.07) is 10.5. The summed E-state index contributed by atoms with van der Waals surface area (Å²) in [4.78, 5) is 27.6. The predicted octanol–water partition coefficient (Wildman–Crippen LogP) is 3.80. The topological polar surface area (TPSA) is 57.6 Å². The van der Waals surface area contributed by atoms with Crippen molar-refractivity contribution in [1.82, 2.24) is 4.90 Å². The van der Waals surface area contributed by atoms with E-state index in [0.29, 0.717) is 19.5 Å². The highest BCUT2D eigenvalue weighted by molar-refractivity contribution is 7.17. The molecule has 1 aromatic carbocycles. The summed E-state index contributed by atoms with van der Waals surface area (Å²) < 4.78 is 0. The Balaban J connectivity index is 1.67. The fourth-order valence-corrected chi connectivity index (χ4v) is 5.23. The number of benzene rings is 1. The molecule has 2 aliphatic rings. The minimum Gasteiger partial charge on any atom is -0.481 e. The second-order valence-electron chi connectivity index (χ2n) is 7.65. The molecule has 0 radical (unpaired) electrons. The Hall–Kier alpha value is -2.14. The van der Waals surface area contributed by atoms with Crippen LogP contribution in [0.1, 0.15) is 41.1 Å². The van der Waals surface area contributed by atoms with E-state index in [2.05, 4.69) is 32.0 Å². The molecule has 1 aromatic heterocycles. The lowest BCUT2D eigenvalue weighted by Gasteiger charge is -2.32. The summed E-state index contributed by atoms with van der Waals surface area (Å²) in [6.07, 6.45) is 1.46. The summed E-state index contributed by atoms with van der Waals surface area (Å²) >= 11 is 1.54. The van der Waals surface area contributed by atoms with Gasteiger partial charge < -0.3 is 10.0 Å². The molecular weight excluding hydrogens is 334 g/mol. The zero-order valence-corrected chi connectivity index (χ0v) is 15.2. The molecule has 0 spiro atoms. The fraction of sp³-hybridized carbons (Fsp3) is 0.400. The largest absolute Gasteiger partial charge is 0.481 e. The van der Waals surface area contributed by atoms with Crippen LogP contribution in [0, 0.1) is 5.92 Å². The van der Waals surface area contributed by atoms with Crippen LogP contribution in [0.2, 0.25) is 0 Å². The lowest BCUT2D eigenvalue weighted by molar-refractivity contribution is -0.141. The molecule has 4 nitrogen and oxygen atoms in total. The summed E-state index contributed by atoms with van der Waals surface area (Å²) in [5, 5.41) is 9.15. The first kappa shape index (κ1) is 16.3. The third kappa shape index (κ3) is 2.67. The molecule has 5 heteroatoms. The molecule has 1 N–H and O–H groups in total. The molecule has 1 aliphatic carbocycles. The molecule has 1 amide bonds. The smallest absolute Gasteiger partial charge is 0.308 e.